The van der Waals surface area contributed by atoms with Crippen LogP contribution in [0.1, 0.15) is 29.0 Å². The van der Waals surface area contributed by atoms with E-state index >= 15 is 0 Å². The lowest BCUT2D eigenvalue weighted by Crippen LogP contribution is -2.18. The van der Waals surface area contributed by atoms with Crippen molar-refractivity contribution in [1.29, 1.82) is 0 Å². The lowest BCUT2D eigenvalue weighted by molar-refractivity contribution is 0.101. The van der Waals surface area contributed by atoms with E-state index in [1.54, 1.807) is 24.5 Å². The van der Waals surface area contributed by atoms with Gasteiger partial charge in [-0.15, -0.1) is 0 Å². The monoisotopic (exact) mass is 431 g/mol. The number of benzene rings is 2. The van der Waals surface area contributed by atoms with Gasteiger partial charge in [0, 0.05) is 42.9 Å². The lowest BCUT2D eigenvalue weighted by atomic mass is 10.1. The molecule has 1 aliphatic rings. The Labute approximate surface area is 187 Å². The molecule has 2 aromatic carbocycles. The summed E-state index contributed by atoms with van der Waals surface area (Å²) in [5.74, 6) is -0.625. The Bertz CT molecular complexity index is 1090. The molecule has 0 saturated carbocycles. The van der Waals surface area contributed by atoms with Gasteiger partial charge in [0.15, 0.2) is 0 Å². The second-order valence-electron chi connectivity index (χ2n) is 7.72. The lowest BCUT2D eigenvalue weighted by Gasteiger charge is -2.12. The molecule has 1 amide bonds. The van der Waals surface area contributed by atoms with Crippen molar-refractivity contribution in [3.8, 4) is 11.1 Å². The maximum atomic E-state index is 13.1. The van der Waals surface area contributed by atoms with Gasteiger partial charge in [-0.3, -0.25) is 9.69 Å². The zero-order chi connectivity index (χ0) is 22.3. The van der Waals surface area contributed by atoms with Crippen LogP contribution in [0.25, 0.3) is 17.2 Å². The van der Waals surface area contributed by atoms with Crippen molar-refractivity contribution in [2.75, 3.05) is 37.3 Å². The van der Waals surface area contributed by atoms with Crippen molar-refractivity contribution in [1.82, 2.24) is 14.9 Å². The van der Waals surface area contributed by atoms with Gasteiger partial charge in [-0.25, -0.2) is 14.4 Å². The van der Waals surface area contributed by atoms with Crippen LogP contribution in [0.3, 0.4) is 0 Å². The first kappa shape index (κ1) is 21.6. The average Bonchev–Trinajstić information content (AvgIpc) is 3.33. The number of anilines is 2. The SMILES string of the molecule is CNc1ccc(NC(=O)c2ncc(-c3ccc(F)cc3)cn2)cc1/C=C\CN1CCCC1. The number of likely N-dealkylation sites (tertiary alicyclic amines) is 1. The number of nitrogens with zero attached hydrogens (tertiary/aromatic N) is 3. The summed E-state index contributed by atoms with van der Waals surface area (Å²) < 4.78 is 13.1. The molecule has 0 bridgehead atoms. The van der Waals surface area contributed by atoms with Crippen LogP contribution >= 0.6 is 0 Å². The van der Waals surface area contributed by atoms with Crippen LogP contribution in [0.4, 0.5) is 15.8 Å². The predicted octanol–water partition coefficient (Wildman–Crippen LogP) is 4.69. The zero-order valence-corrected chi connectivity index (χ0v) is 18.0. The third-order valence-corrected chi connectivity index (χ3v) is 5.47. The van der Waals surface area contributed by atoms with Gasteiger partial charge < -0.3 is 10.6 Å². The summed E-state index contributed by atoms with van der Waals surface area (Å²) in [7, 11) is 1.88. The van der Waals surface area contributed by atoms with E-state index in [1.165, 1.54) is 25.0 Å². The molecule has 0 unspecified atom stereocenters. The van der Waals surface area contributed by atoms with Gasteiger partial charge in [0.25, 0.3) is 5.91 Å². The summed E-state index contributed by atoms with van der Waals surface area (Å²) in [6.07, 6.45) is 9.89. The summed E-state index contributed by atoms with van der Waals surface area (Å²) in [5.41, 5.74) is 4.15. The molecule has 4 rings (SSSR count). The van der Waals surface area contributed by atoms with Crippen LogP contribution in [0.5, 0.6) is 0 Å². The highest BCUT2D eigenvalue weighted by Gasteiger charge is 2.12. The molecule has 0 atom stereocenters. The van der Waals surface area contributed by atoms with Crippen LogP contribution in [-0.2, 0) is 0 Å². The summed E-state index contributed by atoms with van der Waals surface area (Å²) in [6.45, 7) is 3.23. The topological polar surface area (TPSA) is 70.1 Å². The third kappa shape index (κ3) is 5.36. The minimum atomic E-state index is -0.389. The molecule has 2 N–H and O–H groups in total. The molecule has 7 heteroatoms. The molecular weight excluding hydrogens is 405 g/mol. The zero-order valence-electron chi connectivity index (χ0n) is 18.0. The van der Waals surface area contributed by atoms with E-state index in [4.69, 9.17) is 0 Å². The highest BCUT2D eigenvalue weighted by atomic mass is 19.1. The number of carbonyl (C=O) groups is 1. The fourth-order valence-corrected chi connectivity index (χ4v) is 3.72. The summed E-state index contributed by atoms with van der Waals surface area (Å²) in [5, 5.41) is 6.05. The van der Waals surface area contributed by atoms with Crippen LogP contribution in [-0.4, -0.2) is 47.5 Å². The molecule has 1 saturated heterocycles. The second-order valence-corrected chi connectivity index (χ2v) is 7.72. The van der Waals surface area contributed by atoms with Gasteiger partial charge >= 0.3 is 0 Å². The standard InChI is InChI=1S/C25H26FN5O/c1-27-23-11-10-22(15-19(23)5-4-14-31-12-2-3-13-31)30-25(32)24-28-16-20(17-29-24)18-6-8-21(26)9-7-18/h4-11,15-17,27H,2-3,12-14H2,1H3,(H,30,32)/b5-4-. The molecule has 2 heterocycles. The summed E-state index contributed by atoms with van der Waals surface area (Å²) >= 11 is 0. The van der Waals surface area contributed by atoms with Crippen LogP contribution in [0.15, 0.2) is 60.9 Å². The number of hydrogen-bond donors (Lipinski definition) is 2. The van der Waals surface area contributed by atoms with Gasteiger partial charge in [-0.1, -0.05) is 24.3 Å². The molecule has 0 aliphatic carbocycles. The van der Waals surface area contributed by atoms with E-state index in [0.717, 1.165) is 36.4 Å². The van der Waals surface area contributed by atoms with Gasteiger partial charge in [-0.05, 0) is 67.4 Å². The minimum Gasteiger partial charge on any atom is -0.388 e. The number of carbonyl (C=O) groups excluding carboxylic acids is 1. The number of rotatable bonds is 7. The Hall–Kier alpha value is -3.58. The largest absolute Gasteiger partial charge is 0.388 e. The Kier molecular flexibility index (Phi) is 6.87. The number of nitrogens with one attached hydrogen (secondary N) is 2. The maximum Gasteiger partial charge on any atom is 0.293 e. The molecule has 0 radical (unpaired) electrons. The normalized spacial score (nSPS) is 14.1. The minimum absolute atomic E-state index is 0.0691. The molecule has 32 heavy (non-hydrogen) atoms. The van der Waals surface area contributed by atoms with E-state index in [2.05, 4.69) is 37.7 Å². The Morgan fingerprint density at radius 3 is 2.47 bits per heavy atom. The first-order valence-corrected chi connectivity index (χ1v) is 10.7. The van der Waals surface area contributed by atoms with E-state index < -0.39 is 0 Å². The number of halogens is 1. The molecule has 3 aromatic rings. The summed E-state index contributed by atoms with van der Waals surface area (Å²) in [4.78, 5) is 23.4. The fraction of sp³-hybridized carbons (Fsp3) is 0.240. The smallest absolute Gasteiger partial charge is 0.293 e. The molecular formula is C25H26FN5O. The van der Waals surface area contributed by atoms with Crippen molar-refractivity contribution >= 4 is 23.4 Å². The van der Waals surface area contributed by atoms with Gasteiger partial charge in [-0.2, -0.15) is 0 Å². The molecule has 6 nitrogen and oxygen atoms in total. The number of amides is 1. The molecule has 1 fully saturated rings. The van der Waals surface area contributed by atoms with Crippen LogP contribution in [0.2, 0.25) is 0 Å². The van der Waals surface area contributed by atoms with E-state index in [-0.39, 0.29) is 17.5 Å². The van der Waals surface area contributed by atoms with Gasteiger partial charge in [0.2, 0.25) is 5.82 Å². The van der Waals surface area contributed by atoms with Gasteiger partial charge in [0.05, 0.1) is 0 Å². The van der Waals surface area contributed by atoms with Crippen molar-refractivity contribution in [2.45, 2.75) is 12.8 Å². The Morgan fingerprint density at radius 2 is 1.78 bits per heavy atom. The van der Waals surface area contributed by atoms with E-state index in [0.29, 0.717) is 11.3 Å². The van der Waals surface area contributed by atoms with Crippen LogP contribution in [0, 0.1) is 5.82 Å². The van der Waals surface area contributed by atoms with Crippen molar-refractivity contribution < 1.29 is 9.18 Å². The Balaban J connectivity index is 1.44. The average molecular weight is 432 g/mol. The molecule has 1 aliphatic heterocycles. The highest BCUT2D eigenvalue weighted by molar-refractivity contribution is 6.02. The summed E-state index contributed by atoms with van der Waals surface area (Å²) in [6, 6.07) is 11.8. The maximum absolute atomic E-state index is 13.1. The number of aromatic nitrogens is 2. The Morgan fingerprint density at radius 1 is 1.06 bits per heavy atom. The van der Waals surface area contributed by atoms with Crippen molar-refractivity contribution in [2.24, 2.45) is 0 Å². The number of hydrogen-bond acceptors (Lipinski definition) is 5. The van der Waals surface area contributed by atoms with E-state index in [9.17, 15) is 9.18 Å². The first-order chi connectivity index (χ1) is 15.6. The highest BCUT2D eigenvalue weighted by Crippen LogP contribution is 2.23. The van der Waals surface area contributed by atoms with Crippen molar-refractivity contribution in [3.63, 3.8) is 0 Å². The fourth-order valence-electron chi connectivity index (χ4n) is 3.72. The third-order valence-electron chi connectivity index (χ3n) is 5.47. The van der Waals surface area contributed by atoms with Gasteiger partial charge in [0.1, 0.15) is 5.82 Å². The van der Waals surface area contributed by atoms with E-state index in [1.807, 2.05) is 25.2 Å². The van der Waals surface area contributed by atoms with Crippen LogP contribution < -0.4 is 10.6 Å². The predicted molar refractivity (Wildman–Crippen MR) is 126 cm³/mol. The van der Waals surface area contributed by atoms with Crippen molar-refractivity contribution in [3.05, 3.63) is 78.1 Å². The molecule has 0 spiro atoms. The first-order valence-electron chi connectivity index (χ1n) is 10.7. The second kappa shape index (κ2) is 10.2. The molecule has 1 aromatic heterocycles. The quantitative estimate of drug-likeness (QED) is 0.568. The molecule has 164 valence electrons.